The Morgan fingerprint density at radius 2 is 2.04 bits per heavy atom. The van der Waals surface area contributed by atoms with E-state index in [0.29, 0.717) is 24.7 Å². The maximum absolute atomic E-state index is 6.32. The molecule has 0 saturated carbocycles. The number of anilines is 1. The molecule has 2 aromatic rings. The van der Waals surface area contributed by atoms with Gasteiger partial charge in [-0.3, -0.25) is 4.99 Å². The number of halogens is 1. The van der Waals surface area contributed by atoms with Crippen molar-refractivity contribution in [2.45, 2.75) is 20.3 Å². The highest BCUT2D eigenvalue weighted by molar-refractivity contribution is 6.33. The Hall–Kier alpha value is -2.28. The summed E-state index contributed by atoms with van der Waals surface area (Å²) in [7, 11) is 0. The van der Waals surface area contributed by atoms with Crippen molar-refractivity contribution >= 4 is 23.2 Å². The number of para-hydroxylation sites is 1. The topological polar surface area (TPSA) is 69.8 Å². The number of nitrogens with one attached hydrogen (secondary N) is 1. The highest BCUT2D eigenvalue weighted by Crippen LogP contribution is 2.25. The molecular formula is C18H25ClN6O. The molecule has 1 aliphatic rings. The molecule has 1 aromatic carbocycles. The normalized spacial score (nSPS) is 15.4. The highest BCUT2D eigenvalue weighted by atomic mass is 35.5. The van der Waals surface area contributed by atoms with E-state index in [4.69, 9.17) is 21.1 Å². The third-order valence-electron chi connectivity index (χ3n) is 4.26. The van der Waals surface area contributed by atoms with Crippen molar-refractivity contribution in [1.82, 2.24) is 20.4 Å². The summed E-state index contributed by atoms with van der Waals surface area (Å²) in [6, 6.07) is 8.00. The van der Waals surface area contributed by atoms with Gasteiger partial charge in [-0.05, 0) is 26.0 Å². The van der Waals surface area contributed by atoms with E-state index in [0.717, 1.165) is 49.4 Å². The quantitative estimate of drug-likeness (QED) is 0.638. The first kappa shape index (κ1) is 18.5. The zero-order chi connectivity index (χ0) is 18.4. The Morgan fingerprint density at radius 1 is 1.27 bits per heavy atom. The molecule has 0 radical (unpaired) electrons. The van der Waals surface area contributed by atoms with Crippen LogP contribution in [0.15, 0.2) is 33.8 Å². The molecule has 0 unspecified atom stereocenters. The molecule has 140 valence electrons. The van der Waals surface area contributed by atoms with E-state index >= 15 is 0 Å². The second-order valence-corrected chi connectivity index (χ2v) is 6.55. The van der Waals surface area contributed by atoms with E-state index in [9.17, 15) is 0 Å². The van der Waals surface area contributed by atoms with E-state index in [2.05, 4.69) is 38.2 Å². The van der Waals surface area contributed by atoms with Crippen LogP contribution in [0.5, 0.6) is 0 Å². The van der Waals surface area contributed by atoms with Crippen LogP contribution in [0.4, 0.5) is 5.69 Å². The molecule has 0 aliphatic carbocycles. The summed E-state index contributed by atoms with van der Waals surface area (Å²) in [5.74, 6) is 2.22. The molecule has 26 heavy (non-hydrogen) atoms. The first-order valence-electron chi connectivity index (χ1n) is 8.99. The van der Waals surface area contributed by atoms with Crippen molar-refractivity contribution in [2.75, 3.05) is 44.2 Å². The summed E-state index contributed by atoms with van der Waals surface area (Å²) in [5, 5.41) is 7.98. The zero-order valence-corrected chi connectivity index (χ0v) is 16.0. The van der Waals surface area contributed by atoms with Crippen LogP contribution in [0.25, 0.3) is 0 Å². The molecule has 1 aliphatic heterocycles. The van der Waals surface area contributed by atoms with E-state index in [1.165, 1.54) is 0 Å². The molecule has 1 N–H and O–H groups in total. The van der Waals surface area contributed by atoms with Crippen LogP contribution < -0.4 is 10.2 Å². The number of aromatic nitrogens is 2. The van der Waals surface area contributed by atoms with Gasteiger partial charge in [0.25, 0.3) is 0 Å². The molecule has 1 fully saturated rings. The predicted octanol–water partition coefficient (Wildman–Crippen LogP) is 2.36. The second kappa shape index (κ2) is 8.89. The zero-order valence-electron chi connectivity index (χ0n) is 15.3. The maximum atomic E-state index is 6.32. The van der Waals surface area contributed by atoms with Crippen LogP contribution in [0, 0.1) is 6.92 Å². The van der Waals surface area contributed by atoms with Crippen molar-refractivity contribution in [2.24, 2.45) is 4.99 Å². The van der Waals surface area contributed by atoms with Gasteiger partial charge in [-0.15, -0.1) is 0 Å². The fourth-order valence-corrected chi connectivity index (χ4v) is 3.25. The summed E-state index contributed by atoms with van der Waals surface area (Å²) in [5.41, 5.74) is 1.10. The summed E-state index contributed by atoms with van der Waals surface area (Å²) in [4.78, 5) is 13.5. The minimum atomic E-state index is 0.620. The van der Waals surface area contributed by atoms with E-state index in [1.807, 2.05) is 25.1 Å². The number of hydrogen-bond donors (Lipinski definition) is 1. The van der Waals surface area contributed by atoms with Crippen LogP contribution >= 0.6 is 11.6 Å². The van der Waals surface area contributed by atoms with Crippen LogP contribution in [0.2, 0.25) is 5.02 Å². The van der Waals surface area contributed by atoms with Crippen LogP contribution in [-0.4, -0.2) is 60.3 Å². The van der Waals surface area contributed by atoms with Gasteiger partial charge < -0.3 is 19.6 Å². The van der Waals surface area contributed by atoms with Gasteiger partial charge >= 0.3 is 0 Å². The molecule has 0 atom stereocenters. The number of nitrogens with zero attached hydrogens (tertiary/aromatic N) is 5. The molecule has 0 amide bonds. The Labute approximate surface area is 159 Å². The Morgan fingerprint density at radius 3 is 2.69 bits per heavy atom. The first-order valence-corrected chi connectivity index (χ1v) is 9.37. The highest BCUT2D eigenvalue weighted by Gasteiger charge is 2.21. The van der Waals surface area contributed by atoms with Gasteiger partial charge in [0.1, 0.15) is 0 Å². The number of rotatable bonds is 5. The van der Waals surface area contributed by atoms with Gasteiger partial charge in [0.05, 0.1) is 17.3 Å². The van der Waals surface area contributed by atoms with Crippen LogP contribution in [-0.2, 0) is 6.42 Å². The lowest BCUT2D eigenvalue weighted by Gasteiger charge is -2.38. The molecular weight excluding hydrogens is 352 g/mol. The minimum absolute atomic E-state index is 0.620. The fourth-order valence-electron chi connectivity index (χ4n) is 2.99. The maximum Gasteiger partial charge on any atom is 0.228 e. The molecule has 0 bridgehead atoms. The fraction of sp³-hybridized carbons (Fsp3) is 0.500. The summed E-state index contributed by atoms with van der Waals surface area (Å²) < 4.78 is 5.14. The average molecular weight is 377 g/mol. The van der Waals surface area contributed by atoms with E-state index in [1.54, 1.807) is 0 Å². The lowest BCUT2D eigenvalue weighted by atomic mass is 10.2. The van der Waals surface area contributed by atoms with Crippen molar-refractivity contribution < 1.29 is 4.52 Å². The monoisotopic (exact) mass is 376 g/mol. The molecule has 1 aromatic heterocycles. The van der Waals surface area contributed by atoms with Crippen molar-refractivity contribution in [3.63, 3.8) is 0 Å². The number of hydrogen-bond acceptors (Lipinski definition) is 5. The summed E-state index contributed by atoms with van der Waals surface area (Å²) >= 11 is 6.32. The number of piperazine rings is 1. The van der Waals surface area contributed by atoms with Crippen molar-refractivity contribution in [1.29, 1.82) is 0 Å². The lowest BCUT2D eigenvalue weighted by molar-refractivity contribution is 0.368. The molecule has 8 heteroatoms. The van der Waals surface area contributed by atoms with Gasteiger partial charge in [-0.2, -0.15) is 4.98 Å². The Bertz CT molecular complexity index is 739. The number of benzene rings is 1. The van der Waals surface area contributed by atoms with Crippen molar-refractivity contribution in [3.05, 3.63) is 41.0 Å². The molecule has 0 spiro atoms. The third kappa shape index (κ3) is 4.66. The average Bonchev–Trinajstić information content (AvgIpc) is 3.07. The largest absolute Gasteiger partial charge is 0.367 e. The molecule has 7 nitrogen and oxygen atoms in total. The Kier molecular flexibility index (Phi) is 6.33. The Balaban J connectivity index is 1.57. The van der Waals surface area contributed by atoms with Gasteiger partial charge in [0.15, 0.2) is 11.8 Å². The summed E-state index contributed by atoms with van der Waals surface area (Å²) in [6.07, 6.45) is 0.648. The van der Waals surface area contributed by atoms with Gasteiger partial charge in [0.2, 0.25) is 5.89 Å². The minimum Gasteiger partial charge on any atom is -0.367 e. The number of guanidine groups is 1. The van der Waals surface area contributed by atoms with Crippen LogP contribution in [0.3, 0.4) is 0 Å². The first-order chi connectivity index (χ1) is 12.7. The van der Waals surface area contributed by atoms with Crippen molar-refractivity contribution in [3.8, 4) is 0 Å². The predicted molar refractivity (Wildman–Crippen MR) is 104 cm³/mol. The van der Waals surface area contributed by atoms with Gasteiger partial charge in [0, 0.05) is 39.1 Å². The molecule has 3 rings (SSSR count). The van der Waals surface area contributed by atoms with Gasteiger partial charge in [-0.25, -0.2) is 0 Å². The number of aryl methyl sites for hydroxylation is 1. The second-order valence-electron chi connectivity index (χ2n) is 6.15. The lowest BCUT2D eigenvalue weighted by Crippen LogP contribution is -2.52. The third-order valence-corrected chi connectivity index (χ3v) is 4.58. The molecule has 2 heterocycles. The SMILES string of the molecule is CCNC(=NCCc1nc(C)no1)N1CCN(c2ccccc2Cl)CC1. The summed E-state index contributed by atoms with van der Waals surface area (Å²) in [6.45, 7) is 8.98. The smallest absolute Gasteiger partial charge is 0.228 e. The van der Waals surface area contributed by atoms with E-state index in [-0.39, 0.29) is 0 Å². The standard InChI is InChI=1S/C18H25ClN6O/c1-3-20-18(21-9-8-17-22-14(2)23-26-17)25-12-10-24(11-13-25)16-7-5-4-6-15(16)19/h4-7H,3,8-13H2,1-2H3,(H,20,21). The molecule has 1 saturated heterocycles. The van der Waals surface area contributed by atoms with E-state index < -0.39 is 0 Å². The van der Waals surface area contributed by atoms with Crippen LogP contribution in [0.1, 0.15) is 18.6 Å². The number of aliphatic imine (C=N–C) groups is 1. The van der Waals surface area contributed by atoms with Gasteiger partial charge in [-0.1, -0.05) is 28.9 Å².